The van der Waals surface area contributed by atoms with E-state index >= 15 is 0 Å². The number of carbonyl (C=O) groups excluding carboxylic acids is 4. The van der Waals surface area contributed by atoms with Gasteiger partial charge in [-0.1, -0.05) is 17.7 Å². The van der Waals surface area contributed by atoms with E-state index < -0.39 is 68.5 Å². The van der Waals surface area contributed by atoms with Gasteiger partial charge in [0.1, 0.15) is 5.82 Å². The number of rotatable bonds is 2. The van der Waals surface area contributed by atoms with E-state index in [0.29, 0.717) is 5.57 Å². The molecule has 2 aromatic carbocycles. The van der Waals surface area contributed by atoms with Crippen molar-refractivity contribution in [1.82, 2.24) is 4.90 Å². The van der Waals surface area contributed by atoms with Crippen LogP contribution in [0.3, 0.4) is 0 Å². The maximum atomic E-state index is 14.6. The third-order valence-electron chi connectivity index (χ3n) is 8.42. The van der Waals surface area contributed by atoms with Crippen LogP contribution in [0.5, 0.6) is 5.75 Å². The fraction of sp³-hybridized carbons (Fsp3) is 0.333. The lowest BCUT2D eigenvalue weighted by Crippen LogP contribution is -2.60. The molecule has 0 radical (unpaired) electrons. The summed E-state index contributed by atoms with van der Waals surface area (Å²) in [7, 11) is 1.39. The lowest BCUT2D eigenvalue weighted by Gasteiger charge is -2.50. The fourth-order valence-corrected chi connectivity index (χ4v) is 7.57. The lowest BCUT2D eigenvalue weighted by atomic mass is 9.56. The lowest BCUT2D eigenvalue weighted by molar-refractivity contribution is -0.138. The van der Waals surface area contributed by atoms with E-state index in [-0.39, 0.29) is 30.0 Å². The second kappa shape index (κ2) is 8.10. The predicted molar refractivity (Wildman–Crippen MR) is 132 cm³/mol. The third-order valence-corrected chi connectivity index (χ3v) is 9.83. The second-order valence-electron chi connectivity index (χ2n) is 10.2. The van der Waals surface area contributed by atoms with Gasteiger partial charge in [0.15, 0.2) is 21.3 Å². The minimum atomic E-state index is -2.16. The van der Waals surface area contributed by atoms with Crippen LogP contribution in [0, 0.1) is 29.4 Å². The molecule has 2 saturated heterocycles. The Morgan fingerprint density at radius 2 is 1.63 bits per heavy atom. The van der Waals surface area contributed by atoms with Crippen molar-refractivity contribution in [2.45, 2.75) is 28.5 Å². The summed E-state index contributed by atoms with van der Waals surface area (Å²) in [6.07, 6.45) is 1.69. The van der Waals surface area contributed by atoms with Crippen LogP contribution in [0.1, 0.15) is 24.3 Å². The number of amides is 4. The standard InChI is InChI=1S/C27H20Cl2F2N2O5/c1-32-22(35)16-8-7-15-17(20(16)23(32)36)11-26(28)24(37)33(14-5-3-13(30)4-6-14)25(38)27(26,29)21(15)12-2-9-19(34)18(31)10-12/h2-7,9-10,16-17,20-21,34H,8,11H2,1H3. The van der Waals surface area contributed by atoms with Crippen LogP contribution in [0.2, 0.25) is 0 Å². The number of imide groups is 2. The van der Waals surface area contributed by atoms with Gasteiger partial charge in [-0.25, -0.2) is 13.7 Å². The van der Waals surface area contributed by atoms with Crippen LogP contribution in [-0.4, -0.2) is 50.4 Å². The molecule has 6 rings (SSSR count). The van der Waals surface area contributed by atoms with Gasteiger partial charge in [0.25, 0.3) is 11.8 Å². The van der Waals surface area contributed by atoms with E-state index in [9.17, 15) is 33.1 Å². The fourth-order valence-electron chi connectivity index (χ4n) is 6.63. The Bertz CT molecular complexity index is 1480. The molecule has 2 heterocycles. The van der Waals surface area contributed by atoms with Gasteiger partial charge in [0.2, 0.25) is 11.8 Å². The monoisotopic (exact) mass is 560 g/mol. The topological polar surface area (TPSA) is 95.0 Å². The number of alkyl halides is 2. The van der Waals surface area contributed by atoms with E-state index in [1.165, 1.54) is 25.2 Å². The van der Waals surface area contributed by atoms with Crippen molar-refractivity contribution in [2.75, 3.05) is 11.9 Å². The van der Waals surface area contributed by atoms with Crippen LogP contribution in [0.4, 0.5) is 14.5 Å². The molecule has 1 N–H and O–H groups in total. The molecule has 38 heavy (non-hydrogen) atoms. The number of hydrogen-bond donors (Lipinski definition) is 1. The molecule has 7 nitrogen and oxygen atoms in total. The number of allylic oxidation sites excluding steroid dienone is 2. The largest absolute Gasteiger partial charge is 0.505 e. The number of likely N-dealkylation sites (tertiary alicyclic amines) is 1. The highest BCUT2D eigenvalue weighted by Gasteiger charge is 2.76. The summed E-state index contributed by atoms with van der Waals surface area (Å²) in [5.41, 5.74) is 0.719. The van der Waals surface area contributed by atoms with Crippen LogP contribution < -0.4 is 4.90 Å². The number of phenols is 1. The molecule has 2 aliphatic heterocycles. The number of fused-ring (bicyclic) bond motifs is 4. The number of benzene rings is 2. The number of halogens is 4. The summed E-state index contributed by atoms with van der Waals surface area (Å²) in [5.74, 6) is -8.12. The molecule has 0 bridgehead atoms. The van der Waals surface area contributed by atoms with Gasteiger partial charge in [0.05, 0.1) is 17.5 Å². The highest BCUT2D eigenvalue weighted by Crippen LogP contribution is 2.65. The van der Waals surface area contributed by atoms with E-state index in [2.05, 4.69) is 0 Å². The first-order chi connectivity index (χ1) is 17.9. The number of phenolic OH excluding ortho intramolecular Hbond substituents is 1. The number of hydrogen-bond acceptors (Lipinski definition) is 5. The van der Waals surface area contributed by atoms with Crippen molar-refractivity contribution < 1.29 is 33.1 Å². The van der Waals surface area contributed by atoms with Gasteiger partial charge < -0.3 is 5.11 Å². The summed E-state index contributed by atoms with van der Waals surface area (Å²) in [6, 6.07) is 8.15. The molecular formula is C27H20Cl2F2N2O5. The SMILES string of the molecule is CN1C(=O)C2CC=C3C(CC4(Cl)C(=O)N(c5ccc(F)cc5)C(=O)C4(Cl)C3c3ccc(O)c(F)c3)C2C1=O. The average molecular weight is 561 g/mol. The Hall–Kier alpha value is -3.30. The van der Waals surface area contributed by atoms with Gasteiger partial charge in [-0.15, -0.1) is 23.2 Å². The zero-order valence-corrected chi connectivity index (χ0v) is 21.3. The van der Waals surface area contributed by atoms with Crippen LogP contribution >= 0.6 is 23.2 Å². The zero-order chi connectivity index (χ0) is 27.3. The van der Waals surface area contributed by atoms with Crippen LogP contribution in [0.15, 0.2) is 54.1 Å². The van der Waals surface area contributed by atoms with Crippen molar-refractivity contribution in [3.8, 4) is 5.75 Å². The molecule has 1 saturated carbocycles. The predicted octanol–water partition coefficient (Wildman–Crippen LogP) is 3.86. The van der Waals surface area contributed by atoms with Gasteiger partial charge >= 0.3 is 0 Å². The van der Waals surface area contributed by atoms with Crippen LogP contribution in [-0.2, 0) is 19.2 Å². The highest BCUT2D eigenvalue weighted by molar-refractivity contribution is 6.58. The van der Waals surface area contributed by atoms with Gasteiger partial charge in [-0.2, -0.15) is 0 Å². The van der Waals surface area contributed by atoms with E-state index in [1.54, 1.807) is 6.08 Å². The molecule has 196 valence electrons. The molecule has 11 heteroatoms. The second-order valence-corrected chi connectivity index (χ2v) is 11.4. The molecule has 4 amide bonds. The zero-order valence-electron chi connectivity index (χ0n) is 19.8. The maximum absolute atomic E-state index is 14.6. The third kappa shape index (κ3) is 3.00. The van der Waals surface area contributed by atoms with Gasteiger partial charge in [0, 0.05) is 13.0 Å². The highest BCUT2D eigenvalue weighted by atomic mass is 35.5. The normalized spacial score (nSPS) is 34.3. The molecule has 0 aromatic heterocycles. The molecule has 2 aromatic rings. The first-order valence-electron chi connectivity index (χ1n) is 11.9. The molecule has 6 unspecified atom stereocenters. The van der Waals surface area contributed by atoms with E-state index in [0.717, 1.165) is 34.1 Å². The Kier molecular flexibility index (Phi) is 5.33. The van der Waals surface area contributed by atoms with Crippen molar-refractivity contribution >= 4 is 52.5 Å². The molecule has 4 aliphatic rings. The first-order valence-corrected chi connectivity index (χ1v) is 12.7. The maximum Gasteiger partial charge on any atom is 0.258 e. The quantitative estimate of drug-likeness (QED) is 0.342. The summed E-state index contributed by atoms with van der Waals surface area (Å²) >= 11 is 14.3. The van der Waals surface area contributed by atoms with Gasteiger partial charge in [-0.05, 0) is 60.7 Å². The summed E-state index contributed by atoms with van der Waals surface area (Å²) in [4.78, 5) is 51.6. The molecule has 3 fully saturated rings. The minimum absolute atomic E-state index is 0.0492. The minimum Gasteiger partial charge on any atom is -0.505 e. The molecule has 2 aliphatic carbocycles. The van der Waals surface area contributed by atoms with Crippen molar-refractivity contribution in [2.24, 2.45) is 17.8 Å². The average Bonchev–Trinajstić information content (AvgIpc) is 3.19. The van der Waals surface area contributed by atoms with Crippen molar-refractivity contribution in [3.05, 3.63) is 71.3 Å². The molecular weight excluding hydrogens is 541 g/mol. The molecule has 6 atom stereocenters. The Morgan fingerprint density at radius 3 is 2.29 bits per heavy atom. The van der Waals surface area contributed by atoms with E-state index in [1.807, 2.05) is 0 Å². The Morgan fingerprint density at radius 1 is 0.947 bits per heavy atom. The molecule has 0 spiro atoms. The first kappa shape index (κ1) is 25.0. The smallest absolute Gasteiger partial charge is 0.258 e. The summed E-state index contributed by atoms with van der Waals surface area (Å²) < 4.78 is 28.2. The summed E-state index contributed by atoms with van der Waals surface area (Å²) in [5, 5.41) is 9.80. The van der Waals surface area contributed by atoms with Crippen molar-refractivity contribution in [3.63, 3.8) is 0 Å². The van der Waals surface area contributed by atoms with Crippen molar-refractivity contribution in [1.29, 1.82) is 0 Å². The number of aromatic hydroxyl groups is 1. The van der Waals surface area contributed by atoms with E-state index in [4.69, 9.17) is 23.2 Å². The Labute approximate surface area is 225 Å². The number of carbonyl (C=O) groups is 4. The summed E-state index contributed by atoms with van der Waals surface area (Å²) in [6.45, 7) is 0. The number of nitrogens with zero attached hydrogens (tertiary/aromatic N) is 2. The Balaban J connectivity index is 1.58. The number of anilines is 1. The van der Waals surface area contributed by atoms with Gasteiger partial charge in [-0.3, -0.25) is 24.1 Å². The van der Waals surface area contributed by atoms with Crippen LogP contribution in [0.25, 0.3) is 0 Å².